The average molecular weight is 140 g/mol. The molecule has 1 aliphatic carbocycles. The Morgan fingerprint density at radius 1 is 1.40 bits per heavy atom. The smallest absolute Gasteiger partial charge is 0.00503 e. The fourth-order valence-electron chi connectivity index (χ4n) is 2.43. The molecule has 1 aliphatic heterocycles. The van der Waals surface area contributed by atoms with E-state index in [0.29, 0.717) is 11.5 Å². The van der Waals surface area contributed by atoms with Gasteiger partial charge in [-0.1, -0.05) is 0 Å². The number of hydrogen-bond acceptors (Lipinski definition) is 2. The molecule has 3 N–H and O–H groups in total. The summed E-state index contributed by atoms with van der Waals surface area (Å²) in [6.45, 7) is 2.44. The molecule has 1 saturated carbocycles. The van der Waals surface area contributed by atoms with Crippen molar-refractivity contribution in [3.63, 3.8) is 0 Å². The lowest BCUT2D eigenvalue weighted by Gasteiger charge is -2.49. The molecule has 0 aromatic rings. The van der Waals surface area contributed by atoms with Crippen LogP contribution in [0, 0.1) is 5.41 Å². The van der Waals surface area contributed by atoms with Crippen molar-refractivity contribution in [3.05, 3.63) is 0 Å². The Kier molecular flexibility index (Phi) is 1.46. The molecule has 1 heterocycles. The Bertz CT molecular complexity index is 112. The summed E-state index contributed by atoms with van der Waals surface area (Å²) in [5, 5.41) is 3.44. The molecule has 0 radical (unpaired) electrons. The minimum absolute atomic E-state index is 0.514. The summed E-state index contributed by atoms with van der Waals surface area (Å²) in [5.41, 5.74) is 6.39. The van der Waals surface area contributed by atoms with Gasteiger partial charge in [0.15, 0.2) is 0 Å². The third-order valence-electron chi connectivity index (χ3n) is 2.95. The molecule has 1 spiro atoms. The quantitative estimate of drug-likeness (QED) is 0.513. The number of piperidine rings is 1. The minimum atomic E-state index is 0.514. The topological polar surface area (TPSA) is 38.0 Å². The third-order valence-corrected chi connectivity index (χ3v) is 2.95. The SMILES string of the molecule is NC1CC2(CCCNC2)C1. The molecule has 1 saturated heterocycles. The number of nitrogens with two attached hydrogens (primary N) is 1. The van der Waals surface area contributed by atoms with E-state index in [2.05, 4.69) is 5.32 Å². The summed E-state index contributed by atoms with van der Waals surface area (Å²) in [7, 11) is 0. The van der Waals surface area contributed by atoms with Crippen molar-refractivity contribution >= 4 is 0 Å². The van der Waals surface area contributed by atoms with E-state index >= 15 is 0 Å². The van der Waals surface area contributed by atoms with Crippen LogP contribution >= 0.6 is 0 Å². The predicted octanol–water partition coefficient (Wildman–Crippen LogP) is 0.477. The van der Waals surface area contributed by atoms with Gasteiger partial charge in [-0.15, -0.1) is 0 Å². The van der Waals surface area contributed by atoms with Crippen molar-refractivity contribution in [1.29, 1.82) is 0 Å². The van der Waals surface area contributed by atoms with Crippen molar-refractivity contribution in [3.8, 4) is 0 Å². The Morgan fingerprint density at radius 2 is 2.20 bits per heavy atom. The maximum absolute atomic E-state index is 5.76. The van der Waals surface area contributed by atoms with Crippen LogP contribution in [0.25, 0.3) is 0 Å². The lowest BCUT2D eigenvalue weighted by molar-refractivity contribution is 0.0703. The molecule has 58 valence electrons. The fraction of sp³-hybridized carbons (Fsp3) is 1.00. The molecular weight excluding hydrogens is 124 g/mol. The van der Waals surface area contributed by atoms with Crippen molar-refractivity contribution in [2.24, 2.45) is 11.1 Å². The number of hydrogen-bond donors (Lipinski definition) is 2. The number of nitrogens with one attached hydrogen (secondary N) is 1. The third kappa shape index (κ3) is 0.956. The lowest BCUT2D eigenvalue weighted by Crippen LogP contribution is -2.53. The highest BCUT2D eigenvalue weighted by atomic mass is 14.9. The van der Waals surface area contributed by atoms with E-state index in [9.17, 15) is 0 Å². The van der Waals surface area contributed by atoms with Crippen LogP contribution in [0.4, 0.5) is 0 Å². The van der Waals surface area contributed by atoms with Crippen LogP contribution in [0.3, 0.4) is 0 Å². The van der Waals surface area contributed by atoms with E-state index in [-0.39, 0.29) is 0 Å². The van der Waals surface area contributed by atoms with Gasteiger partial charge in [-0.2, -0.15) is 0 Å². The van der Waals surface area contributed by atoms with Crippen molar-refractivity contribution in [2.75, 3.05) is 13.1 Å². The minimum Gasteiger partial charge on any atom is -0.328 e. The van der Waals surface area contributed by atoms with Gasteiger partial charge in [-0.25, -0.2) is 0 Å². The summed E-state index contributed by atoms with van der Waals surface area (Å²) < 4.78 is 0. The zero-order valence-corrected chi connectivity index (χ0v) is 6.40. The molecule has 2 aliphatic rings. The highest BCUT2D eigenvalue weighted by Crippen LogP contribution is 2.44. The van der Waals surface area contributed by atoms with Crippen molar-refractivity contribution in [2.45, 2.75) is 31.7 Å². The monoisotopic (exact) mass is 140 g/mol. The van der Waals surface area contributed by atoms with Crippen LogP contribution < -0.4 is 11.1 Å². The molecule has 0 amide bonds. The first-order chi connectivity index (χ1) is 4.81. The molecule has 0 aromatic carbocycles. The van der Waals surface area contributed by atoms with E-state index in [4.69, 9.17) is 5.73 Å². The van der Waals surface area contributed by atoms with E-state index in [0.717, 1.165) is 0 Å². The first-order valence-corrected chi connectivity index (χ1v) is 4.27. The summed E-state index contributed by atoms with van der Waals surface area (Å²) >= 11 is 0. The Labute approximate surface area is 62.2 Å². The number of rotatable bonds is 0. The van der Waals surface area contributed by atoms with Crippen LogP contribution in [0.5, 0.6) is 0 Å². The molecule has 0 aromatic heterocycles. The lowest BCUT2D eigenvalue weighted by atomic mass is 9.62. The van der Waals surface area contributed by atoms with Crippen LogP contribution in [0.2, 0.25) is 0 Å². The van der Waals surface area contributed by atoms with Crippen LogP contribution in [0.15, 0.2) is 0 Å². The van der Waals surface area contributed by atoms with Crippen molar-refractivity contribution < 1.29 is 0 Å². The molecule has 2 heteroatoms. The van der Waals surface area contributed by atoms with Crippen LogP contribution in [-0.4, -0.2) is 19.1 Å². The molecule has 0 unspecified atom stereocenters. The van der Waals surface area contributed by atoms with E-state index in [1.54, 1.807) is 0 Å². The second-order valence-corrected chi connectivity index (χ2v) is 3.95. The Balaban J connectivity index is 1.90. The molecule has 0 atom stereocenters. The molecule has 2 fully saturated rings. The van der Waals surface area contributed by atoms with Gasteiger partial charge in [0.2, 0.25) is 0 Å². The summed E-state index contributed by atoms with van der Waals surface area (Å²) in [6.07, 6.45) is 5.29. The summed E-state index contributed by atoms with van der Waals surface area (Å²) in [5.74, 6) is 0. The van der Waals surface area contributed by atoms with Gasteiger partial charge in [0.05, 0.1) is 0 Å². The van der Waals surface area contributed by atoms with Gasteiger partial charge in [0.1, 0.15) is 0 Å². The highest BCUT2D eigenvalue weighted by Gasteiger charge is 2.42. The van der Waals surface area contributed by atoms with Gasteiger partial charge >= 0.3 is 0 Å². The molecular formula is C8H16N2. The molecule has 0 bridgehead atoms. The Morgan fingerprint density at radius 3 is 2.70 bits per heavy atom. The van der Waals surface area contributed by atoms with E-state index in [1.807, 2.05) is 0 Å². The zero-order chi connectivity index (χ0) is 7.03. The molecule has 2 rings (SSSR count). The van der Waals surface area contributed by atoms with Gasteiger partial charge in [-0.05, 0) is 37.6 Å². The fourth-order valence-corrected chi connectivity index (χ4v) is 2.43. The highest BCUT2D eigenvalue weighted by molar-refractivity contribution is 4.98. The predicted molar refractivity (Wildman–Crippen MR) is 41.7 cm³/mol. The van der Waals surface area contributed by atoms with Crippen molar-refractivity contribution in [1.82, 2.24) is 5.32 Å². The van der Waals surface area contributed by atoms with Crippen LogP contribution in [0.1, 0.15) is 25.7 Å². The second-order valence-electron chi connectivity index (χ2n) is 3.95. The first kappa shape index (κ1) is 6.62. The van der Waals surface area contributed by atoms with E-state index in [1.165, 1.54) is 38.8 Å². The van der Waals surface area contributed by atoms with Gasteiger partial charge < -0.3 is 11.1 Å². The van der Waals surface area contributed by atoms with Gasteiger partial charge in [0, 0.05) is 12.6 Å². The maximum atomic E-state index is 5.76. The molecule has 2 nitrogen and oxygen atoms in total. The van der Waals surface area contributed by atoms with E-state index < -0.39 is 0 Å². The largest absolute Gasteiger partial charge is 0.328 e. The first-order valence-electron chi connectivity index (χ1n) is 4.27. The Hall–Kier alpha value is -0.0800. The summed E-state index contributed by atoms with van der Waals surface area (Å²) in [6, 6.07) is 0.514. The second kappa shape index (κ2) is 2.21. The van der Waals surface area contributed by atoms with Crippen LogP contribution in [-0.2, 0) is 0 Å². The van der Waals surface area contributed by atoms with Gasteiger partial charge in [-0.3, -0.25) is 0 Å². The average Bonchev–Trinajstić information content (AvgIpc) is 1.87. The maximum Gasteiger partial charge on any atom is 0.00503 e. The normalized spacial score (nSPS) is 47.1. The zero-order valence-electron chi connectivity index (χ0n) is 6.40. The molecule has 10 heavy (non-hydrogen) atoms. The standard InChI is InChI=1S/C8H16N2/c9-7-4-8(5-7)2-1-3-10-6-8/h7,10H,1-6,9H2. The summed E-state index contributed by atoms with van der Waals surface area (Å²) in [4.78, 5) is 0. The van der Waals surface area contributed by atoms with Gasteiger partial charge in [0.25, 0.3) is 0 Å².